The maximum absolute atomic E-state index is 12.5. The number of H-pyrrole nitrogens is 1. The van der Waals surface area contributed by atoms with Gasteiger partial charge >= 0.3 is 0 Å². The van der Waals surface area contributed by atoms with E-state index in [0.29, 0.717) is 34.3 Å². The number of rotatable bonds is 6. The predicted molar refractivity (Wildman–Crippen MR) is 105 cm³/mol. The van der Waals surface area contributed by atoms with Gasteiger partial charge in [-0.1, -0.05) is 41.6 Å². The molecule has 0 saturated heterocycles. The van der Waals surface area contributed by atoms with Crippen molar-refractivity contribution < 1.29 is 4.79 Å². The second-order valence-corrected chi connectivity index (χ2v) is 7.16. The number of aryl methyl sites for hydroxylation is 1. The molecule has 136 valence electrons. The van der Waals surface area contributed by atoms with Gasteiger partial charge in [-0.15, -0.1) is 0 Å². The number of benzene rings is 1. The number of hydrogen-bond acceptors (Lipinski definition) is 4. The fraction of sp³-hybridized carbons (Fsp3) is 0.278. The molecule has 0 radical (unpaired) electrons. The summed E-state index contributed by atoms with van der Waals surface area (Å²) in [6.07, 6.45) is 0. The van der Waals surface area contributed by atoms with Crippen molar-refractivity contribution in [2.45, 2.75) is 32.1 Å². The molecule has 26 heavy (non-hydrogen) atoms. The first-order chi connectivity index (χ1) is 12.5. The van der Waals surface area contributed by atoms with Gasteiger partial charge in [0, 0.05) is 23.8 Å². The molecular formula is C18H19ClN4O2S. The summed E-state index contributed by atoms with van der Waals surface area (Å²) in [7, 11) is 0. The smallest absolute Gasteiger partial charge is 0.278 e. The van der Waals surface area contributed by atoms with E-state index < -0.39 is 0 Å². The molecule has 0 fully saturated rings. The standard InChI is InChI=1S/C18H19ClN4O2S/c1-3-23-17(25)16-14(8-11(2)21-16)22-18(23)26-10-15(24)20-9-12-6-4-5-7-13(12)19/h4-8,21H,3,9-10H2,1-2H3,(H,20,24). The first-order valence-electron chi connectivity index (χ1n) is 8.22. The number of amides is 1. The van der Waals surface area contributed by atoms with Crippen molar-refractivity contribution in [1.82, 2.24) is 19.9 Å². The number of aromatic amines is 1. The molecule has 0 atom stereocenters. The molecule has 0 aliphatic carbocycles. The Morgan fingerprint density at radius 3 is 2.88 bits per heavy atom. The van der Waals surface area contributed by atoms with Crippen molar-refractivity contribution >= 4 is 40.3 Å². The number of carbonyl (C=O) groups excluding carboxylic acids is 1. The van der Waals surface area contributed by atoms with Crippen LogP contribution < -0.4 is 10.9 Å². The van der Waals surface area contributed by atoms with Gasteiger partial charge in [0.2, 0.25) is 5.91 Å². The second-order valence-electron chi connectivity index (χ2n) is 5.81. The van der Waals surface area contributed by atoms with Crippen LogP contribution >= 0.6 is 23.4 Å². The van der Waals surface area contributed by atoms with Crippen LogP contribution in [0.5, 0.6) is 0 Å². The van der Waals surface area contributed by atoms with Gasteiger partial charge < -0.3 is 10.3 Å². The van der Waals surface area contributed by atoms with E-state index in [9.17, 15) is 9.59 Å². The van der Waals surface area contributed by atoms with Gasteiger partial charge in [0.1, 0.15) is 5.52 Å². The summed E-state index contributed by atoms with van der Waals surface area (Å²) in [5.41, 5.74) is 2.74. The molecule has 1 amide bonds. The van der Waals surface area contributed by atoms with Crippen molar-refractivity contribution in [2.24, 2.45) is 0 Å². The van der Waals surface area contributed by atoms with Gasteiger partial charge in [-0.25, -0.2) is 4.98 Å². The van der Waals surface area contributed by atoms with Crippen LogP contribution in [0, 0.1) is 6.92 Å². The Bertz CT molecular complexity index is 1010. The minimum atomic E-state index is -0.142. The normalized spacial score (nSPS) is 11.0. The highest BCUT2D eigenvalue weighted by atomic mass is 35.5. The molecule has 0 bridgehead atoms. The maximum Gasteiger partial charge on any atom is 0.278 e. The van der Waals surface area contributed by atoms with E-state index in [4.69, 9.17) is 11.6 Å². The van der Waals surface area contributed by atoms with Gasteiger partial charge in [0.05, 0.1) is 11.3 Å². The Morgan fingerprint density at radius 1 is 1.38 bits per heavy atom. The molecule has 0 spiro atoms. The van der Waals surface area contributed by atoms with Gasteiger partial charge in [0.15, 0.2) is 5.16 Å². The molecule has 3 aromatic rings. The minimum Gasteiger partial charge on any atom is -0.353 e. The predicted octanol–water partition coefficient (Wildman–Crippen LogP) is 3.11. The lowest BCUT2D eigenvalue weighted by molar-refractivity contribution is -0.118. The monoisotopic (exact) mass is 390 g/mol. The quantitative estimate of drug-likeness (QED) is 0.500. The lowest BCUT2D eigenvalue weighted by Crippen LogP contribution is -2.26. The lowest BCUT2D eigenvalue weighted by Gasteiger charge is -2.10. The Hall–Kier alpha value is -2.25. The summed E-state index contributed by atoms with van der Waals surface area (Å²) in [5, 5.41) is 4.00. The van der Waals surface area contributed by atoms with Crippen molar-refractivity contribution in [3.05, 3.63) is 57.0 Å². The zero-order valence-electron chi connectivity index (χ0n) is 14.5. The maximum atomic E-state index is 12.5. The van der Waals surface area contributed by atoms with Crippen LogP contribution in [-0.4, -0.2) is 26.2 Å². The highest BCUT2D eigenvalue weighted by molar-refractivity contribution is 7.99. The number of hydrogen-bond donors (Lipinski definition) is 2. The number of thioether (sulfide) groups is 1. The highest BCUT2D eigenvalue weighted by Gasteiger charge is 2.14. The van der Waals surface area contributed by atoms with Gasteiger partial charge in [0.25, 0.3) is 5.56 Å². The molecular weight excluding hydrogens is 372 g/mol. The van der Waals surface area contributed by atoms with E-state index in [1.165, 1.54) is 11.8 Å². The zero-order chi connectivity index (χ0) is 18.7. The second kappa shape index (κ2) is 7.97. The van der Waals surface area contributed by atoms with Crippen LogP contribution in [0.1, 0.15) is 18.2 Å². The van der Waals surface area contributed by atoms with E-state index in [2.05, 4.69) is 15.3 Å². The van der Waals surface area contributed by atoms with Crippen LogP contribution in [0.3, 0.4) is 0 Å². The van der Waals surface area contributed by atoms with Gasteiger partial charge in [-0.05, 0) is 31.5 Å². The van der Waals surface area contributed by atoms with E-state index in [1.54, 1.807) is 10.6 Å². The summed E-state index contributed by atoms with van der Waals surface area (Å²) in [4.78, 5) is 32.3. The number of nitrogens with one attached hydrogen (secondary N) is 2. The molecule has 2 heterocycles. The molecule has 2 N–H and O–H groups in total. The SMILES string of the molecule is CCn1c(SCC(=O)NCc2ccccc2Cl)nc2cc(C)[nH]c2c1=O. The molecule has 1 aromatic carbocycles. The summed E-state index contributed by atoms with van der Waals surface area (Å²) < 4.78 is 1.57. The summed E-state index contributed by atoms with van der Waals surface area (Å²) in [6.45, 7) is 4.62. The third kappa shape index (κ3) is 3.94. The van der Waals surface area contributed by atoms with Crippen LogP contribution in [0.15, 0.2) is 40.3 Å². The number of fused-ring (bicyclic) bond motifs is 1. The largest absolute Gasteiger partial charge is 0.353 e. The molecule has 8 heteroatoms. The first-order valence-corrected chi connectivity index (χ1v) is 9.59. The number of nitrogens with zero attached hydrogens (tertiary/aromatic N) is 2. The number of aromatic nitrogens is 3. The van der Waals surface area contributed by atoms with Gasteiger partial charge in [-0.3, -0.25) is 14.2 Å². The molecule has 0 aliphatic rings. The van der Waals surface area contributed by atoms with E-state index in [0.717, 1.165) is 11.3 Å². The Kier molecular flexibility index (Phi) is 5.68. The zero-order valence-corrected chi connectivity index (χ0v) is 16.1. The van der Waals surface area contributed by atoms with Crippen molar-refractivity contribution in [3.63, 3.8) is 0 Å². The minimum absolute atomic E-state index is 0.121. The molecule has 0 aliphatic heterocycles. The summed E-state index contributed by atoms with van der Waals surface area (Å²) in [5.74, 6) is 0.0309. The molecule has 0 unspecified atom stereocenters. The number of carbonyl (C=O) groups is 1. The summed E-state index contributed by atoms with van der Waals surface area (Å²) in [6, 6.07) is 9.21. The lowest BCUT2D eigenvalue weighted by atomic mass is 10.2. The average molecular weight is 391 g/mol. The fourth-order valence-corrected chi connectivity index (χ4v) is 3.71. The molecule has 6 nitrogen and oxygen atoms in total. The highest BCUT2D eigenvalue weighted by Crippen LogP contribution is 2.18. The van der Waals surface area contributed by atoms with Crippen LogP contribution in [0.2, 0.25) is 5.02 Å². The van der Waals surface area contributed by atoms with E-state index in [-0.39, 0.29) is 17.2 Å². The topological polar surface area (TPSA) is 79.8 Å². The van der Waals surface area contributed by atoms with Crippen molar-refractivity contribution in [2.75, 3.05) is 5.75 Å². The number of halogens is 1. The molecule has 3 rings (SSSR count). The third-order valence-corrected chi connectivity index (χ3v) is 5.27. The van der Waals surface area contributed by atoms with Crippen LogP contribution in [0.25, 0.3) is 11.0 Å². The average Bonchev–Trinajstić information content (AvgIpc) is 3.00. The van der Waals surface area contributed by atoms with Crippen LogP contribution in [0.4, 0.5) is 0 Å². The van der Waals surface area contributed by atoms with Crippen LogP contribution in [-0.2, 0) is 17.9 Å². The van der Waals surface area contributed by atoms with Crippen molar-refractivity contribution in [3.8, 4) is 0 Å². The Balaban J connectivity index is 1.70. The summed E-state index contributed by atoms with van der Waals surface area (Å²) >= 11 is 7.34. The first kappa shape index (κ1) is 18.5. The van der Waals surface area contributed by atoms with E-state index >= 15 is 0 Å². The van der Waals surface area contributed by atoms with Gasteiger partial charge in [-0.2, -0.15) is 0 Å². The van der Waals surface area contributed by atoms with Crippen molar-refractivity contribution in [1.29, 1.82) is 0 Å². The molecule has 2 aromatic heterocycles. The Morgan fingerprint density at radius 2 is 2.15 bits per heavy atom. The van der Waals surface area contributed by atoms with E-state index in [1.807, 2.05) is 38.1 Å². The fourth-order valence-electron chi connectivity index (χ4n) is 2.62. The third-order valence-electron chi connectivity index (χ3n) is 3.92. The molecule has 0 saturated carbocycles. The Labute approximate surface area is 160 Å².